The summed E-state index contributed by atoms with van der Waals surface area (Å²) in [5.41, 5.74) is 0. The zero-order valence-electron chi connectivity index (χ0n) is 6.26. The average Bonchev–Trinajstić information content (AvgIpc) is 1.95. The van der Waals surface area contributed by atoms with E-state index in [9.17, 15) is 14.4 Å². The van der Waals surface area contributed by atoms with Gasteiger partial charge in [-0.25, -0.2) is 0 Å². The molecule has 0 aliphatic heterocycles. The third-order valence-electron chi connectivity index (χ3n) is 1.76. The van der Waals surface area contributed by atoms with Crippen LogP contribution in [-0.4, -0.2) is 17.3 Å². The molecule has 0 atom stereocenters. The monoisotopic (exact) mass is 154 g/mol. The molecule has 1 fully saturated rings. The van der Waals surface area contributed by atoms with Crippen molar-refractivity contribution in [2.75, 3.05) is 0 Å². The quantitative estimate of drug-likeness (QED) is 0.481. The zero-order chi connectivity index (χ0) is 8.27. The van der Waals surface area contributed by atoms with Gasteiger partial charge in [-0.15, -0.1) is 0 Å². The summed E-state index contributed by atoms with van der Waals surface area (Å²) in [4.78, 5) is 32.5. The Kier molecular flexibility index (Phi) is 2.52. The summed E-state index contributed by atoms with van der Waals surface area (Å²) in [6, 6.07) is 0. The highest BCUT2D eigenvalue weighted by molar-refractivity contribution is 6.02. The van der Waals surface area contributed by atoms with Crippen LogP contribution in [0.15, 0.2) is 0 Å². The largest absolute Gasteiger partial charge is 0.300 e. The molecule has 0 amide bonds. The molecule has 0 radical (unpaired) electrons. The maximum absolute atomic E-state index is 10.8. The van der Waals surface area contributed by atoms with Gasteiger partial charge in [0.25, 0.3) is 0 Å². The van der Waals surface area contributed by atoms with Gasteiger partial charge in [0.05, 0.1) is 6.42 Å². The van der Waals surface area contributed by atoms with Crippen LogP contribution in [0.1, 0.15) is 32.1 Å². The first-order valence-corrected chi connectivity index (χ1v) is 3.73. The standard InChI is InChI=1S/C8H10O3/c9-6-1-3-7(10)5-8(11)4-2-6/h1-5H2. The Morgan fingerprint density at radius 1 is 0.636 bits per heavy atom. The molecule has 1 saturated carbocycles. The van der Waals surface area contributed by atoms with E-state index >= 15 is 0 Å². The van der Waals surface area contributed by atoms with Crippen LogP contribution in [-0.2, 0) is 14.4 Å². The van der Waals surface area contributed by atoms with Gasteiger partial charge in [-0.1, -0.05) is 0 Å². The minimum atomic E-state index is -0.0944. The fourth-order valence-electron chi connectivity index (χ4n) is 1.08. The van der Waals surface area contributed by atoms with Gasteiger partial charge in [-0.05, 0) is 0 Å². The summed E-state index contributed by atoms with van der Waals surface area (Å²) in [6.07, 6.45) is 1.20. The molecular formula is C8H10O3. The minimum Gasteiger partial charge on any atom is -0.300 e. The predicted octanol–water partition coefficient (Wildman–Crippen LogP) is 0.658. The number of carbonyl (C=O) groups excluding carboxylic acids is 3. The molecule has 11 heavy (non-hydrogen) atoms. The minimum absolute atomic E-state index is 0.0337. The lowest BCUT2D eigenvalue weighted by molar-refractivity contribution is -0.131. The van der Waals surface area contributed by atoms with Crippen LogP contribution in [0.5, 0.6) is 0 Å². The molecule has 0 aromatic heterocycles. The number of hydrogen-bond acceptors (Lipinski definition) is 3. The Balaban J connectivity index is 2.53. The highest BCUT2D eigenvalue weighted by Gasteiger charge is 2.16. The summed E-state index contributed by atoms with van der Waals surface area (Å²) >= 11 is 0. The first kappa shape index (κ1) is 8.11. The van der Waals surface area contributed by atoms with Crippen LogP contribution in [0, 0.1) is 0 Å². The molecule has 1 rings (SSSR count). The van der Waals surface area contributed by atoms with E-state index in [0.29, 0.717) is 12.8 Å². The molecular weight excluding hydrogens is 144 g/mol. The molecule has 0 saturated heterocycles. The van der Waals surface area contributed by atoms with Crippen LogP contribution in [0.2, 0.25) is 0 Å². The Bertz CT molecular complexity index is 185. The van der Waals surface area contributed by atoms with Crippen molar-refractivity contribution in [1.29, 1.82) is 0 Å². The van der Waals surface area contributed by atoms with Gasteiger partial charge < -0.3 is 0 Å². The van der Waals surface area contributed by atoms with Gasteiger partial charge in [0.1, 0.15) is 17.3 Å². The maximum Gasteiger partial charge on any atom is 0.140 e. The second-order valence-corrected chi connectivity index (χ2v) is 2.79. The fourth-order valence-corrected chi connectivity index (χ4v) is 1.08. The molecule has 3 heteroatoms. The Morgan fingerprint density at radius 2 is 1.00 bits per heavy atom. The lowest BCUT2D eigenvalue weighted by Gasteiger charge is -2.04. The van der Waals surface area contributed by atoms with E-state index in [1.807, 2.05) is 0 Å². The molecule has 1 aliphatic rings. The molecule has 60 valence electrons. The van der Waals surface area contributed by atoms with E-state index in [2.05, 4.69) is 0 Å². The summed E-state index contributed by atoms with van der Waals surface area (Å²) in [7, 11) is 0. The van der Waals surface area contributed by atoms with E-state index in [4.69, 9.17) is 0 Å². The SMILES string of the molecule is O=C1CCC(=O)CC(=O)CC1. The van der Waals surface area contributed by atoms with Crippen LogP contribution >= 0.6 is 0 Å². The second kappa shape index (κ2) is 3.42. The van der Waals surface area contributed by atoms with Gasteiger partial charge in [-0.2, -0.15) is 0 Å². The third kappa shape index (κ3) is 2.62. The van der Waals surface area contributed by atoms with Crippen LogP contribution in [0.25, 0.3) is 0 Å². The van der Waals surface area contributed by atoms with Gasteiger partial charge in [0.2, 0.25) is 0 Å². The van der Waals surface area contributed by atoms with Crippen molar-refractivity contribution in [2.45, 2.75) is 32.1 Å². The van der Waals surface area contributed by atoms with Crippen molar-refractivity contribution in [2.24, 2.45) is 0 Å². The van der Waals surface area contributed by atoms with E-state index in [1.165, 1.54) is 0 Å². The van der Waals surface area contributed by atoms with Gasteiger partial charge in [0.15, 0.2) is 0 Å². The summed E-state index contributed by atoms with van der Waals surface area (Å²) in [6.45, 7) is 0. The summed E-state index contributed by atoms with van der Waals surface area (Å²) < 4.78 is 0. The molecule has 0 N–H and O–H groups in total. The van der Waals surface area contributed by atoms with Crippen LogP contribution in [0.3, 0.4) is 0 Å². The van der Waals surface area contributed by atoms with E-state index in [0.717, 1.165) is 0 Å². The fraction of sp³-hybridized carbons (Fsp3) is 0.625. The van der Waals surface area contributed by atoms with Crippen molar-refractivity contribution in [3.8, 4) is 0 Å². The van der Waals surface area contributed by atoms with E-state index in [-0.39, 0.29) is 36.6 Å². The van der Waals surface area contributed by atoms with Crippen molar-refractivity contribution in [1.82, 2.24) is 0 Å². The molecule has 0 heterocycles. The first-order valence-electron chi connectivity index (χ1n) is 3.73. The lowest BCUT2D eigenvalue weighted by atomic mass is 9.98. The topological polar surface area (TPSA) is 51.2 Å². The number of hydrogen-bond donors (Lipinski definition) is 0. The molecule has 0 bridgehead atoms. The molecule has 0 spiro atoms. The van der Waals surface area contributed by atoms with Gasteiger partial charge in [0, 0.05) is 25.7 Å². The normalized spacial score (nSPS) is 21.3. The lowest BCUT2D eigenvalue weighted by Crippen LogP contribution is -2.15. The number of carbonyl (C=O) groups is 3. The number of rotatable bonds is 0. The maximum atomic E-state index is 10.8. The van der Waals surface area contributed by atoms with Crippen molar-refractivity contribution < 1.29 is 14.4 Å². The number of Topliss-reactive ketones (excluding diaryl/α,β-unsaturated/α-hetero) is 3. The Hall–Kier alpha value is -0.990. The molecule has 3 nitrogen and oxygen atoms in total. The Morgan fingerprint density at radius 3 is 1.45 bits per heavy atom. The van der Waals surface area contributed by atoms with Gasteiger partial charge >= 0.3 is 0 Å². The second-order valence-electron chi connectivity index (χ2n) is 2.79. The van der Waals surface area contributed by atoms with Gasteiger partial charge in [-0.3, -0.25) is 14.4 Å². The predicted molar refractivity (Wildman–Crippen MR) is 38.1 cm³/mol. The van der Waals surface area contributed by atoms with Crippen LogP contribution in [0.4, 0.5) is 0 Å². The summed E-state index contributed by atoms with van der Waals surface area (Å²) in [5, 5.41) is 0. The first-order chi connectivity index (χ1) is 5.18. The van der Waals surface area contributed by atoms with Crippen molar-refractivity contribution >= 4 is 17.3 Å². The molecule has 1 aliphatic carbocycles. The average molecular weight is 154 g/mol. The highest BCUT2D eigenvalue weighted by atomic mass is 16.2. The molecule has 0 aromatic carbocycles. The van der Waals surface area contributed by atoms with Crippen molar-refractivity contribution in [3.63, 3.8) is 0 Å². The smallest absolute Gasteiger partial charge is 0.140 e. The van der Waals surface area contributed by atoms with E-state index < -0.39 is 0 Å². The molecule has 0 unspecified atom stereocenters. The molecule has 0 aromatic rings. The zero-order valence-corrected chi connectivity index (χ0v) is 6.26. The Labute approximate surface area is 64.8 Å². The number of ketones is 3. The van der Waals surface area contributed by atoms with E-state index in [1.54, 1.807) is 0 Å². The van der Waals surface area contributed by atoms with Crippen molar-refractivity contribution in [3.05, 3.63) is 0 Å². The summed E-state index contributed by atoms with van der Waals surface area (Å²) in [5.74, 6) is -0.155. The highest BCUT2D eigenvalue weighted by Crippen LogP contribution is 2.08. The third-order valence-corrected chi connectivity index (χ3v) is 1.76. The van der Waals surface area contributed by atoms with Crippen LogP contribution < -0.4 is 0 Å².